The van der Waals surface area contributed by atoms with E-state index in [0.717, 1.165) is 47.7 Å². The normalized spacial score (nSPS) is 18.2. The lowest BCUT2D eigenvalue weighted by Crippen LogP contribution is -2.51. The zero-order valence-electron chi connectivity index (χ0n) is 21.9. The van der Waals surface area contributed by atoms with Crippen LogP contribution in [0.15, 0.2) is 45.8 Å². The van der Waals surface area contributed by atoms with Crippen LogP contribution in [0, 0.1) is 13.8 Å². The molecule has 0 bridgehead atoms. The summed E-state index contributed by atoms with van der Waals surface area (Å²) < 4.78 is 7.28. The van der Waals surface area contributed by atoms with Gasteiger partial charge in [-0.2, -0.15) is 0 Å². The Kier molecular flexibility index (Phi) is 6.57. The van der Waals surface area contributed by atoms with E-state index in [2.05, 4.69) is 44.5 Å². The molecule has 10 nitrogen and oxygen atoms in total. The van der Waals surface area contributed by atoms with Gasteiger partial charge < -0.3 is 14.3 Å². The molecule has 1 unspecified atom stereocenters. The highest BCUT2D eigenvalue weighted by atomic mass is 16.3. The fourth-order valence-corrected chi connectivity index (χ4v) is 6.11. The average Bonchev–Trinajstić information content (AvgIpc) is 3.63. The van der Waals surface area contributed by atoms with E-state index in [0.29, 0.717) is 43.3 Å². The van der Waals surface area contributed by atoms with Crippen LogP contribution in [0.4, 0.5) is 0 Å². The topological polar surface area (TPSA) is 113 Å². The number of aryl methyl sites for hydroxylation is 2. The number of fused-ring (bicyclic) bond motifs is 1. The van der Waals surface area contributed by atoms with Crippen molar-refractivity contribution in [3.8, 4) is 0 Å². The van der Waals surface area contributed by atoms with E-state index in [9.17, 15) is 9.59 Å². The highest BCUT2D eigenvalue weighted by Crippen LogP contribution is 2.34. The summed E-state index contributed by atoms with van der Waals surface area (Å²) in [6, 6.07) is 9.38. The Bertz CT molecular complexity index is 1490. The van der Waals surface area contributed by atoms with Crippen molar-refractivity contribution in [3.05, 3.63) is 75.2 Å². The van der Waals surface area contributed by atoms with Gasteiger partial charge in [0.15, 0.2) is 11.6 Å². The summed E-state index contributed by atoms with van der Waals surface area (Å²) in [5, 5.41) is 14.0. The van der Waals surface area contributed by atoms with Crippen molar-refractivity contribution >= 4 is 16.8 Å². The van der Waals surface area contributed by atoms with Crippen LogP contribution in [0.5, 0.6) is 0 Å². The Morgan fingerprint density at radius 1 is 1.08 bits per heavy atom. The van der Waals surface area contributed by atoms with Crippen LogP contribution in [0.3, 0.4) is 0 Å². The van der Waals surface area contributed by atoms with Gasteiger partial charge in [-0.25, -0.2) is 4.68 Å². The van der Waals surface area contributed by atoms with E-state index in [4.69, 9.17) is 4.42 Å². The van der Waals surface area contributed by atoms with E-state index < -0.39 is 6.04 Å². The van der Waals surface area contributed by atoms with Crippen molar-refractivity contribution in [1.29, 1.82) is 0 Å². The van der Waals surface area contributed by atoms with Crippen LogP contribution in [0.25, 0.3) is 10.9 Å². The molecular formula is C28H33N7O3. The van der Waals surface area contributed by atoms with E-state index in [-0.39, 0.29) is 17.5 Å². The van der Waals surface area contributed by atoms with Gasteiger partial charge in [0.1, 0.15) is 6.04 Å². The fourth-order valence-electron chi connectivity index (χ4n) is 6.11. The minimum Gasteiger partial charge on any atom is -0.459 e. The third kappa shape index (κ3) is 4.53. The number of rotatable bonds is 5. The molecule has 6 rings (SSSR count). The first-order chi connectivity index (χ1) is 18.5. The average molecular weight is 516 g/mol. The maximum atomic E-state index is 13.6. The summed E-state index contributed by atoms with van der Waals surface area (Å²) >= 11 is 0. The molecule has 1 atom stereocenters. The second-order valence-electron chi connectivity index (χ2n) is 10.6. The molecular weight excluding hydrogens is 482 g/mol. The lowest BCUT2D eigenvalue weighted by molar-refractivity contribution is 0.0556. The van der Waals surface area contributed by atoms with Crippen molar-refractivity contribution in [3.63, 3.8) is 0 Å². The molecule has 1 aliphatic carbocycles. The largest absolute Gasteiger partial charge is 0.459 e. The Morgan fingerprint density at radius 2 is 1.87 bits per heavy atom. The van der Waals surface area contributed by atoms with Crippen molar-refractivity contribution in [2.24, 2.45) is 0 Å². The number of tetrazole rings is 1. The van der Waals surface area contributed by atoms with E-state index in [1.54, 1.807) is 17.0 Å². The van der Waals surface area contributed by atoms with Crippen molar-refractivity contribution < 1.29 is 9.21 Å². The molecule has 1 amide bonds. The predicted octanol–water partition coefficient (Wildman–Crippen LogP) is 3.78. The SMILES string of the molecule is Cc1cc(C)c2[nH]c(=O)c(C(c3nnnn3C3CCCCC3)N3CCN(C(=O)c4ccco4)CC3)cc2c1. The quantitative estimate of drug-likeness (QED) is 0.430. The Morgan fingerprint density at radius 3 is 2.61 bits per heavy atom. The first kappa shape index (κ1) is 24.5. The summed E-state index contributed by atoms with van der Waals surface area (Å²) in [5.41, 5.74) is 3.52. The molecule has 1 aromatic carbocycles. The highest BCUT2D eigenvalue weighted by molar-refractivity contribution is 5.91. The number of amides is 1. The molecule has 38 heavy (non-hydrogen) atoms. The number of aromatic amines is 1. The number of carbonyl (C=O) groups is 1. The van der Waals surface area contributed by atoms with E-state index in [1.807, 2.05) is 17.7 Å². The van der Waals surface area contributed by atoms with Crippen molar-refractivity contribution in [2.45, 2.75) is 58.0 Å². The second-order valence-corrected chi connectivity index (χ2v) is 10.6. The van der Waals surface area contributed by atoms with Gasteiger partial charge in [0.05, 0.1) is 17.8 Å². The third-order valence-corrected chi connectivity index (χ3v) is 8.00. The number of piperazine rings is 1. The smallest absolute Gasteiger partial charge is 0.289 e. The molecule has 198 valence electrons. The van der Waals surface area contributed by atoms with Gasteiger partial charge in [-0.3, -0.25) is 14.5 Å². The van der Waals surface area contributed by atoms with E-state index >= 15 is 0 Å². The van der Waals surface area contributed by atoms with Crippen LogP contribution < -0.4 is 5.56 Å². The molecule has 2 aliphatic rings. The van der Waals surface area contributed by atoms with Crippen LogP contribution in [0.1, 0.15) is 77.3 Å². The Balaban J connectivity index is 1.39. The molecule has 4 heterocycles. The lowest BCUT2D eigenvalue weighted by Gasteiger charge is -2.38. The number of nitrogens with one attached hydrogen (secondary N) is 1. The van der Waals surface area contributed by atoms with Crippen LogP contribution in [0.2, 0.25) is 0 Å². The predicted molar refractivity (Wildman–Crippen MR) is 142 cm³/mol. The molecule has 1 aliphatic heterocycles. The summed E-state index contributed by atoms with van der Waals surface area (Å²) in [6.45, 7) is 6.28. The fraction of sp³-hybridized carbons (Fsp3) is 0.464. The number of H-pyrrole nitrogens is 1. The molecule has 1 saturated heterocycles. The zero-order chi connectivity index (χ0) is 26.2. The molecule has 2 fully saturated rings. The van der Waals surface area contributed by atoms with Crippen LogP contribution in [-0.2, 0) is 0 Å². The third-order valence-electron chi connectivity index (χ3n) is 8.00. The first-order valence-corrected chi connectivity index (χ1v) is 13.5. The number of pyridine rings is 1. The first-order valence-electron chi connectivity index (χ1n) is 13.5. The van der Waals surface area contributed by atoms with Gasteiger partial charge in [-0.05, 0) is 72.3 Å². The van der Waals surface area contributed by atoms with Crippen molar-refractivity contribution in [1.82, 2.24) is 35.0 Å². The summed E-state index contributed by atoms with van der Waals surface area (Å²) in [5.74, 6) is 0.914. The molecule has 0 spiro atoms. The van der Waals surface area contributed by atoms with Crippen LogP contribution in [-0.4, -0.2) is 67.1 Å². The van der Waals surface area contributed by atoms with Gasteiger partial charge >= 0.3 is 0 Å². The number of aromatic nitrogens is 5. The molecule has 1 N–H and O–H groups in total. The highest BCUT2D eigenvalue weighted by Gasteiger charge is 2.35. The van der Waals surface area contributed by atoms with Crippen LogP contribution >= 0.6 is 0 Å². The molecule has 1 saturated carbocycles. The number of furan rings is 1. The maximum absolute atomic E-state index is 13.6. The summed E-state index contributed by atoms with van der Waals surface area (Å²) in [7, 11) is 0. The molecule has 10 heteroatoms. The minimum absolute atomic E-state index is 0.118. The zero-order valence-corrected chi connectivity index (χ0v) is 21.9. The minimum atomic E-state index is -0.429. The Hall–Kier alpha value is -3.79. The van der Waals surface area contributed by atoms with Gasteiger partial charge in [0.25, 0.3) is 11.5 Å². The number of carbonyl (C=O) groups excluding carboxylic acids is 1. The summed E-state index contributed by atoms with van der Waals surface area (Å²) in [6.07, 6.45) is 7.10. The molecule has 0 radical (unpaired) electrons. The molecule has 3 aromatic heterocycles. The Labute approximate surface area is 220 Å². The summed E-state index contributed by atoms with van der Waals surface area (Å²) in [4.78, 5) is 33.7. The number of nitrogens with zero attached hydrogens (tertiary/aromatic N) is 6. The second kappa shape index (κ2) is 10.2. The van der Waals surface area contributed by atoms with Gasteiger partial charge in [-0.15, -0.1) is 5.10 Å². The standard InChI is InChI=1S/C28H33N7O3/c1-18-15-19(2)24-20(16-18)17-22(27(36)29-24)25(26-30-31-32-35(26)21-7-4-3-5-8-21)33-10-12-34(13-11-33)28(37)23-9-6-14-38-23/h6,9,14-17,21,25H,3-5,7-8,10-13H2,1-2H3,(H,29,36). The monoisotopic (exact) mass is 515 g/mol. The van der Waals surface area contributed by atoms with Gasteiger partial charge in [0, 0.05) is 31.7 Å². The maximum Gasteiger partial charge on any atom is 0.289 e. The van der Waals surface area contributed by atoms with Crippen molar-refractivity contribution in [2.75, 3.05) is 26.2 Å². The number of hydrogen-bond donors (Lipinski definition) is 1. The number of benzene rings is 1. The van der Waals surface area contributed by atoms with E-state index in [1.165, 1.54) is 12.7 Å². The van der Waals surface area contributed by atoms with Gasteiger partial charge in [0.2, 0.25) is 0 Å². The van der Waals surface area contributed by atoms with Gasteiger partial charge in [-0.1, -0.05) is 30.9 Å². The number of hydrogen-bond acceptors (Lipinski definition) is 7. The lowest BCUT2D eigenvalue weighted by atomic mass is 9.95. The molecule has 4 aromatic rings.